The number of hydrogen-bond donors (Lipinski definition) is 1. The zero-order valence-electron chi connectivity index (χ0n) is 10.3. The number of aryl methyl sites for hydroxylation is 1. The lowest BCUT2D eigenvalue weighted by molar-refractivity contribution is -0.102. The van der Waals surface area contributed by atoms with Crippen LogP contribution in [-0.4, -0.2) is 17.8 Å². The fourth-order valence-corrected chi connectivity index (χ4v) is 1.50. The van der Waals surface area contributed by atoms with Gasteiger partial charge in [-0.3, -0.25) is 15.0 Å². The number of ketones is 1. The molecule has 0 aliphatic heterocycles. The van der Waals surface area contributed by atoms with Gasteiger partial charge in [0.2, 0.25) is 0 Å². The molecule has 2 rings (SSSR count). The van der Waals surface area contributed by atoms with Crippen LogP contribution in [0.3, 0.4) is 0 Å². The molecule has 1 aromatic heterocycles. The number of hydrazone groups is 1. The molecule has 96 valence electrons. The molecule has 0 atom stereocenters. The standard InChI is InChI=1S/C14H12N2O3/c1-10-4-2-5-11(8-10)15-16-12(9-17)14(18)13-6-3-7-19-13/h2-9,15H,1H3/b16-12-. The lowest BCUT2D eigenvalue weighted by Gasteiger charge is -2.02. The van der Waals surface area contributed by atoms with E-state index < -0.39 is 5.78 Å². The molecule has 1 N–H and O–H groups in total. The summed E-state index contributed by atoms with van der Waals surface area (Å²) in [7, 11) is 0. The molecule has 0 saturated carbocycles. The third-order valence-electron chi connectivity index (χ3n) is 2.41. The maximum absolute atomic E-state index is 11.8. The van der Waals surface area contributed by atoms with Gasteiger partial charge in [-0.25, -0.2) is 0 Å². The van der Waals surface area contributed by atoms with Crippen molar-refractivity contribution in [1.82, 2.24) is 0 Å². The van der Waals surface area contributed by atoms with Crippen LogP contribution < -0.4 is 5.43 Å². The van der Waals surface area contributed by atoms with Gasteiger partial charge in [-0.2, -0.15) is 5.10 Å². The maximum Gasteiger partial charge on any atom is 0.251 e. The highest BCUT2D eigenvalue weighted by Gasteiger charge is 2.16. The van der Waals surface area contributed by atoms with E-state index in [1.54, 1.807) is 12.1 Å². The summed E-state index contributed by atoms with van der Waals surface area (Å²) < 4.78 is 4.93. The lowest BCUT2D eigenvalue weighted by atomic mass is 10.2. The van der Waals surface area contributed by atoms with Crippen molar-refractivity contribution in [1.29, 1.82) is 0 Å². The van der Waals surface area contributed by atoms with Crippen LogP contribution in [-0.2, 0) is 4.79 Å². The van der Waals surface area contributed by atoms with Crippen molar-refractivity contribution >= 4 is 23.5 Å². The van der Waals surface area contributed by atoms with Gasteiger partial charge in [0.05, 0.1) is 12.0 Å². The highest BCUT2D eigenvalue weighted by molar-refractivity contribution is 6.63. The van der Waals surface area contributed by atoms with Crippen molar-refractivity contribution in [2.75, 3.05) is 5.43 Å². The number of nitrogens with zero attached hydrogens (tertiary/aromatic N) is 1. The molecule has 1 aromatic carbocycles. The highest BCUT2D eigenvalue weighted by atomic mass is 16.3. The van der Waals surface area contributed by atoms with Gasteiger partial charge in [-0.15, -0.1) is 0 Å². The Morgan fingerprint density at radius 1 is 1.32 bits per heavy atom. The number of aldehydes is 1. The summed E-state index contributed by atoms with van der Waals surface area (Å²) in [5.41, 5.74) is 4.18. The third-order valence-corrected chi connectivity index (χ3v) is 2.41. The predicted molar refractivity (Wildman–Crippen MR) is 71.3 cm³/mol. The minimum Gasteiger partial charge on any atom is -0.461 e. The Balaban J connectivity index is 2.16. The SMILES string of the molecule is Cc1cccc(N/N=C(/C=O)C(=O)c2ccco2)c1. The molecule has 0 radical (unpaired) electrons. The van der Waals surface area contributed by atoms with Crippen molar-refractivity contribution in [3.63, 3.8) is 0 Å². The second-order valence-corrected chi connectivity index (χ2v) is 3.90. The number of anilines is 1. The Kier molecular flexibility index (Phi) is 3.87. The molecule has 2 aromatic rings. The van der Waals surface area contributed by atoms with Crippen molar-refractivity contribution in [3.05, 3.63) is 54.0 Å². The van der Waals surface area contributed by atoms with Gasteiger partial charge in [0.25, 0.3) is 5.78 Å². The van der Waals surface area contributed by atoms with Crippen molar-refractivity contribution in [2.45, 2.75) is 6.92 Å². The number of carbonyl (C=O) groups excluding carboxylic acids is 2. The molecule has 0 aliphatic rings. The van der Waals surface area contributed by atoms with E-state index in [4.69, 9.17) is 4.42 Å². The molecule has 19 heavy (non-hydrogen) atoms. The van der Waals surface area contributed by atoms with E-state index in [-0.39, 0.29) is 11.5 Å². The van der Waals surface area contributed by atoms with Gasteiger partial charge in [0.1, 0.15) is 0 Å². The fourth-order valence-electron chi connectivity index (χ4n) is 1.50. The molecule has 0 unspecified atom stereocenters. The number of benzene rings is 1. The Bertz CT molecular complexity index is 615. The van der Waals surface area contributed by atoms with Crippen LogP contribution in [0.1, 0.15) is 16.1 Å². The maximum atomic E-state index is 11.8. The Morgan fingerprint density at radius 3 is 2.79 bits per heavy atom. The van der Waals surface area contributed by atoms with E-state index >= 15 is 0 Å². The van der Waals surface area contributed by atoms with Crippen LogP contribution in [0.2, 0.25) is 0 Å². The van der Waals surface area contributed by atoms with E-state index in [2.05, 4.69) is 10.5 Å². The van der Waals surface area contributed by atoms with Crippen LogP contribution in [0.25, 0.3) is 0 Å². The second kappa shape index (κ2) is 5.77. The molecule has 0 spiro atoms. The molecular weight excluding hydrogens is 244 g/mol. The molecule has 0 amide bonds. The molecule has 0 bridgehead atoms. The summed E-state index contributed by atoms with van der Waals surface area (Å²) in [6, 6.07) is 10.5. The Labute approximate surface area is 109 Å². The number of furan rings is 1. The van der Waals surface area contributed by atoms with Crippen LogP contribution in [0.15, 0.2) is 52.2 Å². The normalized spacial score (nSPS) is 11.1. The first-order chi connectivity index (χ1) is 9.20. The Hall–Kier alpha value is -2.69. The summed E-state index contributed by atoms with van der Waals surface area (Å²) in [6.45, 7) is 1.93. The van der Waals surface area contributed by atoms with Crippen molar-refractivity contribution in [2.24, 2.45) is 5.10 Å². The smallest absolute Gasteiger partial charge is 0.251 e. The first-order valence-corrected chi connectivity index (χ1v) is 5.64. The molecule has 5 nitrogen and oxygen atoms in total. The van der Waals surface area contributed by atoms with Gasteiger partial charge in [0, 0.05) is 0 Å². The summed E-state index contributed by atoms with van der Waals surface area (Å²) in [5, 5.41) is 3.80. The molecule has 1 heterocycles. The summed E-state index contributed by atoms with van der Waals surface area (Å²) in [4.78, 5) is 22.7. The minimum atomic E-state index is -0.555. The lowest BCUT2D eigenvalue weighted by Crippen LogP contribution is -2.16. The number of rotatable bonds is 5. The van der Waals surface area contributed by atoms with E-state index in [0.29, 0.717) is 12.0 Å². The molecule has 0 saturated heterocycles. The zero-order chi connectivity index (χ0) is 13.7. The van der Waals surface area contributed by atoms with Crippen LogP contribution in [0.4, 0.5) is 5.69 Å². The number of nitrogens with one attached hydrogen (secondary N) is 1. The number of hydrogen-bond acceptors (Lipinski definition) is 5. The van der Waals surface area contributed by atoms with Gasteiger partial charge in [0.15, 0.2) is 17.8 Å². The largest absolute Gasteiger partial charge is 0.461 e. The van der Waals surface area contributed by atoms with Crippen LogP contribution in [0, 0.1) is 6.92 Å². The van der Waals surface area contributed by atoms with E-state index in [1.807, 2.05) is 25.1 Å². The van der Waals surface area contributed by atoms with E-state index in [0.717, 1.165) is 5.56 Å². The van der Waals surface area contributed by atoms with Gasteiger partial charge in [-0.05, 0) is 36.8 Å². The van der Waals surface area contributed by atoms with Gasteiger partial charge >= 0.3 is 0 Å². The van der Waals surface area contributed by atoms with E-state index in [1.165, 1.54) is 12.3 Å². The average Bonchev–Trinajstić information content (AvgIpc) is 2.93. The third kappa shape index (κ3) is 3.16. The summed E-state index contributed by atoms with van der Waals surface area (Å²) in [6.07, 6.45) is 1.76. The average molecular weight is 256 g/mol. The molecular formula is C14H12N2O3. The van der Waals surface area contributed by atoms with Crippen LogP contribution >= 0.6 is 0 Å². The van der Waals surface area contributed by atoms with E-state index in [9.17, 15) is 9.59 Å². The monoisotopic (exact) mass is 256 g/mol. The van der Waals surface area contributed by atoms with Crippen molar-refractivity contribution < 1.29 is 14.0 Å². The topological polar surface area (TPSA) is 71.7 Å². The van der Waals surface area contributed by atoms with Crippen molar-refractivity contribution in [3.8, 4) is 0 Å². The number of Topliss-reactive ketones (excluding diaryl/α,β-unsaturated/α-hetero) is 1. The highest BCUT2D eigenvalue weighted by Crippen LogP contribution is 2.09. The molecule has 5 heteroatoms. The van der Waals surface area contributed by atoms with Gasteiger partial charge < -0.3 is 4.42 Å². The molecule has 0 aliphatic carbocycles. The summed E-state index contributed by atoms with van der Waals surface area (Å²) >= 11 is 0. The minimum absolute atomic E-state index is 0.0805. The summed E-state index contributed by atoms with van der Waals surface area (Å²) in [5.74, 6) is -0.475. The quantitative estimate of drug-likeness (QED) is 0.293. The number of carbonyl (C=O) groups is 2. The molecule has 0 fully saturated rings. The first kappa shape index (κ1) is 12.8. The van der Waals surface area contributed by atoms with Gasteiger partial charge in [-0.1, -0.05) is 12.1 Å². The zero-order valence-corrected chi connectivity index (χ0v) is 10.3. The first-order valence-electron chi connectivity index (χ1n) is 5.64. The second-order valence-electron chi connectivity index (χ2n) is 3.90. The fraction of sp³-hybridized carbons (Fsp3) is 0.0714. The predicted octanol–water partition coefficient (Wildman–Crippen LogP) is 2.44. The Morgan fingerprint density at radius 2 is 2.16 bits per heavy atom. The van der Waals surface area contributed by atoms with Crippen LogP contribution in [0.5, 0.6) is 0 Å².